The first-order chi connectivity index (χ1) is 11.9. The molecule has 2 rings (SSSR count). The van der Waals surface area contributed by atoms with Crippen LogP contribution in [0.5, 0.6) is 0 Å². The third-order valence-electron chi connectivity index (χ3n) is 4.50. The van der Waals surface area contributed by atoms with Crippen LogP contribution in [0.3, 0.4) is 0 Å². The number of imide groups is 1. The number of carbonyl (C=O) groups excluding carboxylic acids is 2. The average Bonchev–Trinajstić information content (AvgIpc) is 2.61. The number of nitrogens with two attached hydrogens (primary N) is 1. The molecule has 0 aliphatic heterocycles. The highest BCUT2D eigenvalue weighted by atomic mass is 16.2. The van der Waals surface area contributed by atoms with Crippen molar-refractivity contribution in [1.82, 2.24) is 4.90 Å². The summed E-state index contributed by atoms with van der Waals surface area (Å²) in [4.78, 5) is 27.7. The molecule has 2 amide bonds. The molecule has 2 N–H and O–H groups in total. The average molecular weight is 340 g/mol. The fraction of sp³-hybridized carbons (Fsp3) is 0.421. The Hall–Kier alpha value is -2.81. The van der Waals surface area contributed by atoms with Gasteiger partial charge in [0.25, 0.3) is 5.91 Å². The maximum absolute atomic E-state index is 12.8. The lowest BCUT2D eigenvalue weighted by Gasteiger charge is -2.30. The monoisotopic (exact) mass is 340 g/mol. The predicted molar refractivity (Wildman–Crippen MR) is 97.4 cm³/mol. The number of amides is 2. The van der Waals surface area contributed by atoms with Gasteiger partial charge in [0.05, 0.1) is 5.69 Å². The number of nitrogen functional groups attached to an aromatic ring is 1. The van der Waals surface area contributed by atoms with Crippen LogP contribution < -0.4 is 10.6 Å². The summed E-state index contributed by atoms with van der Waals surface area (Å²) < 4.78 is 0. The Labute approximate surface area is 148 Å². The topological polar surface area (TPSA) is 90.4 Å². The van der Waals surface area contributed by atoms with Crippen molar-refractivity contribution >= 4 is 23.2 Å². The highest BCUT2D eigenvalue weighted by molar-refractivity contribution is 6.21. The predicted octanol–water partition coefficient (Wildman–Crippen LogP) is 2.82. The molecule has 0 atom stereocenters. The summed E-state index contributed by atoms with van der Waals surface area (Å²) >= 11 is 0. The Bertz CT molecular complexity index is 697. The van der Waals surface area contributed by atoms with Gasteiger partial charge in [-0.2, -0.15) is 5.26 Å². The van der Waals surface area contributed by atoms with Crippen LogP contribution in [0.4, 0.5) is 11.4 Å². The largest absolute Gasteiger partial charge is 0.399 e. The highest BCUT2D eigenvalue weighted by Crippen LogP contribution is 2.23. The van der Waals surface area contributed by atoms with E-state index in [-0.39, 0.29) is 5.57 Å². The van der Waals surface area contributed by atoms with Crippen LogP contribution in [-0.4, -0.2) is 29.8 Å². The molecule has 1 saturated carbocycles. The van der Waals surface area contributed by atoms with Gasteiger partial charge in [-0.05, 0) is 37.1 Å². The van der Waals surface area contributed by atoms with E-state index in [2.05, 4.69) is 0 Å². The summed E-state index contributed by atoms with van der Waals surface area (Å²) in [5.41, 5.74) is 6.53. The van der Waals surface area contributed by atoms with E-state index >= 15 is 0 Å². The number of nitrogens with zero attached hydrogens (tertiary/aromatic N) is 3. The van der Waals surface area contributed by atoms with Gasteiger partial charge >= 0.3 is 0 Å². The van der Waals surface area contributed by atoms with Gasteiger partial charge in [-0.1, -0.05) is 19.3 Å². The van der Waals surface area contributed by atoms with Crippen LogP contribution in [0.25, 0.3) is 0 Å². The van der Waals surface area contributed by atoms with Crippen LogP contribution in [0.15, 0.2) is 36.0 Å². The van der Waals surface area contributed by atoms with E-state index in [9.17, 15) is 14.9 Å². The molecular weight excluding hydrogens is 316 g/mol. The molecule has 0 radical (unpaired) electrons. The molecule has 1 fully saturated rings. The summed E-state index contributed by atoms with van der Waals surface area (Å²) in [5.74, 6) is -1.07. The zero-order valence-corrected chi connectivity index (χ0v) is 14.7. The molecular formula is C19H24N4O2. The first-order valence-electron chi connectivity index (χ1n) is 8.48. The molecule has 1 aliphatic rings. The Morgan fingerprint density at radius 1 is 1.20 bits per heavy atom. The van der Waals surface area contributed by atoms with Crippen LogP contribution >= 0.6 is 0 Å². The fourth-order valence-electron chi connectivity index (χ4n) is 3.12. The summed E-state index contributed by atoms with van der Waals surface area (Å²) in [7, 11) is 1.88. The third-order valence-corrected chi connectivity index (χ3v) is 4.50. The quantitative estimate of drug-likeness (QED) is 0.517. The van der Waals surface area contributed by atoms with Gasteiger partial charge in [-0.25, -0.2) is 4.90 Å². The van der Waals surface area contributed by atoms with E-state index in [0.29, 0.717) is 17.4 Å². The molecule has 132 valence electrons. The Kier molecular flexibility index (Phi) is 6.18. The standard InChI is InChI=1S/C19H24N4O2/c1-14(24)23(18-10-8-16(21)9-11-18)19(25)15(12-20)13-22(2)17-6-4-3-5-7-17/h8-11,13,17H,3-7,21H2,1-2H3/b15-13-. The van der Waals surface area contributed by atoms with Gasteiger partial charge in [0.1, 0.15) is 11.6 Å². The van der Waals surface area contributed by atoms with Gasteiger partial charge in [0, 0.05) is 31.9 Å². The number of hydrogen-bond acceptors (Lipinski definition) is 5. The zero-order valence-electron chi connectivity index (χ0n) is 14.7. The number of carbonyl (C=O) groups is 2. The van der Waals surface area contributed by atoms with Gasteiger partial charge in [0.15, 0.2) is 0 Å². The van der Waals surface area contributed by atoms with E-state index in [0.717, 1.165) is 30.6 Å². The molecule has 0 saturated heterocycles. The molecule has 25 heavy (non-hydrogen) atoms. The number of anilines is 2. The number of nitriles is 1. The summed E-state index contributed by atoms with van der Waals surface area (Å²) in [5, 5.41) is 9.44. The van der Waals surface area contributed by atoms with Crippen LogP contribution in [0.2, 0.25) is 0 Å². The highest BCUT2D eigenvalue weighted by Gasteiger charge is 2.25. The minimum atomic E-state index is -0.623. The van der Waals surface area contributed by atoms with E-state index in [1.807, 2.05) is 18.0 Å². The number of benzene rings is 1. The zero-order chi connectivity index (χ0) is 18.4. The molecule has 1 aromatic rings. The first kappa shape index (κ1) is 18.5. The molecule has 0 spiro atoms. The fourth-order valence-corrected chi connectivity index (χ4v) is 3.12. The lowest BCUT2D eigenvalue weighted by Crippen LogP contribution is -2.37. The smallest absolute Gasteiger partial charge is 0.277 e. The lowest BCUT2D eigenvalue weighted by atomic mass is 9.94. The summed E-state index contributed by atoms with van der Waals surface area (Å²) in [6.07, 6.45) is 7.20. The SMILES string of the molecule is CC(=O)N(C(=O)/C(C#N)=C\N(C)C1CCCCC1)c1ccc(N)cc1. The van der Waals surface area contributed by atoms with Crippen molar-refractivity contribution in [2.75, 3.05) is 17.7 Å². The van der Waals surface area contributed by atoms with Crippen molar-refractivity contribution in [3.8, 4) is 6.07 Å². The molecule has 1 aromatic carbocycles. The van der Waals surface area contributed by atoms with Gasteiger partial charge < -0.3 is 10.6 Å². The first-order valence-corrected chi connectivity index (χ1v) is 8.48. The Morgan fingerprint density at radius 3 is 2.32 bits per heavy atom. The van der Waals surface area contributed by atoms with Crippen molar-refractivity contribution in [3.05, 3.63) is 36.0 Å². The molecule has 0 unspecified atom stereocenters. The minimum Gasteiger partial charge on any atom is -0.399 e. The minimum absolute atomic E-state index is 0.0555. The number of rotatable bonds is 4. The molecule has 0 bridgehead atoms. The molecule has 1 aliphatic carbocycles. The second kappa shape index (κ2) is 8.34. The van der Waals surface area contributed by atoms with E-state index in [1.54, 1.807) is 30.5 Å². The Morgan fingerprint density at radius 2 is 1.80 bits per heavy atom. The molecule has 6 heteroatoms. The Balaban J connectivity index is 2.26. The number of hydrogen-bond donors (Lipinski definition) is 1. The maximum Gasteiger partial charge on any atom is 0.277 e. The van der Waals surface area contributed by atoms with Crippen LogP contribution in [0.1, 0.15) is 39.0 Å². The molecule has 6 nitrogen and oxygen atoms in total. The van der Waals surface area contributed by atoms with Crippen molar-refractivity contribution in [2.45, 2.75) is 45.1 Å². The van der Waals surface area contributed by atoms with E-state index in [4.69, 9.17) is 5.73 Å². The normalized spacial score (nSPS) is 15.3. The molecule has 0 heterocycles. The molecule has 0 aromatic heterocycles. The van der Waals surface area contributed by atoms with Crippen molar-refractivity contribution in [3.63, 3.8) is 0 Å². The van der Waals surface area contributed by atoms with Crippen LogP contribution in [-0.2, 0) is 9.59 Å². The van der Waals surface area contributed by atoms with E-state index < -0.39 is 11.8 Å². The second-order valence-corrected chi connectivity index (χ2v) is 6.36. The summed E-state index contributed by atoms with van der Waals surface area (Å²) in [6.45, 7) is 1.30. The maximum atomic E-state index is 12.8. The van der Waals surface area contributed by atoms with Gasteiger partial charge in [-0.3, -0.25) is 9.59 Å². The van der Waals surface area contributed by atoms with Crippen molar-refractivity contribution in [1.29, 1.82) is 5.26 Å². The van der Waals surface area contributed by atoms with Crippen molar-refractivity contribution < 1.29 is 9.59 Å². The van der Waals surface area contributed by atoms with Gasteiger partial charge in [-0.15, -0.1) is 0 Å². The summed E-state index contributed by atoms with van der Waals surface area (Å²) in [6, 6.07) is 8.68. The third kappa shape index (κ3) is 4.60. The van der Waals surface area contributed by atoms with Crippen molar-refractivity contribution in [2.24, 2.45) is 0 Å². The van der Waals surface area contributed by atoms with Crippen LogP contribution in [0, 0.1) is 11.3 Å². The lowest BCUT2D eigenvalue weighted by molar-refractivity contribution is -0.123. The van der Waals surface area contributed by atoms with Gasteiger partial charge in [0.2, 0.25) is 5.91 Å². The second-order valence-electron chi connectivity index (χ2n) is 6.36. The van der Waals surface area contributed by atoms with E-state index in [1.165, 1.54) is 13.3 Å².